The second-order valence-corrected chi connectivity index (χ2v) is 7.20. The van der Waals surface area contributed by atoms with Crippen molar-refractivity contribution in [2.24, 2.45) is 0 Å². The number of hydrogen-bond acceptors (Lipinski definition) is 5. The van der Waals surface area contributed by atoms with Gasteiger partial charge < -0.3 is 14.6 Å². The third-order valence-corrected chi connectivity index (χ3v) is 4.46. The Labute approximate surface area is 172 Å². The minimum Gasteiger partial charge on any atom is -0.509 e. The lowest BCUT2D eigenvalue weighted by Gasteiger charge is -2.05. The highest BCUT2D eigenvalue weighted by molar-refractivity contribution is 6.09. The van der Waals surface area contributed by atoms with E-state index in [4.69, 9.17) is 9.52 Å². The maximum absolute atomic E-state index is 12.6. The van der Waals surface area contributed by atoms with Crippen molar-refractivity contribution in [1.29, 1.82) is 0 Å². The maximum atomic E-state index is 12.6. The standard InChI is InChI=1S/C24H32O5/c1-5-6-8-11-17(2)14-15-18(3)23(27)22-21(26)16-20(29-24(22)28)13-10-7-9-12-19(4)25/h9,12,14-16,25-26H,4-8,10-11,13H2,1-3H3/b12-9+,17-14-,18-15+. The molecule has 0 aliphatic carbocycles. The third kappa shape index (κ3) is 8.81. The van der Waals surface area contributed by atoms with E-state index in [1.807, 2.05) is 13.0 Å². The molecule has 0 unspecified atom stereocenters. The van der Waals surface area contributed by atoms with Crippen LogP contribution in [-0.2, 0) is 6.42 Å². The Morgan fingerprint density at radius 1 is 1.21 bits per heavy atom. The minimum atomic E-state index is -0.833. The molecule has 29 heavy (non-hydrogen) atoms. The predicted octanol–water partition coefficient (Wildman–Crippen LogP) is 5.95. The van der Waals surface area contributed by atoms with E-state index in [9.17, 15) is 14.7 Å². The third-order valence-electron chi connectivity index (χ3n) is 4.46. The van der Waals surface area contributed by atoms with Gasteiger partial charge in [-0.25, -0.2) is 4.79 Å². The van der Waals surface area contributed by atoms with Gasteiger partial charge in [0.1, 0.15) is 22.8 Å². The topological polar surface area (TPSA) is 87.7 Å². The molecule has 1 heterocycles. The van der Waals surface area contributed by atoms with Crippen LogP contribution in [0.15, 0.2) is 63.1 Å². The zero-order valence-electron chi connectivity index (χ0n) is 17.7. The fraction of sp³-hybridized carbons (Fsp3) is 0.417. The minimum absolute atomic E-state index is 0.0218. The molecule has 2 N–H and O–H groups in total. The van der Waals surface area contributed by atoms with E-state index in [2.05, 4.69) is 13.5 Å². The first kappa shape index (κ1) is 24.2. The summed E-state index contributed by atoms with van der Waals surface area (Å²) in [5.74, 6) is -0.609. The molecule has 0 saturated heterocycles. The van der Waals surface area contributed by atoms with Crippen LogP contribution < -0.4 is 5.63 Å². The van der Waals surface area contributed by atoms with Crippen LogP contribution in [-0.4, -0.2) is 16.0 Å². The van der Waals surface area contributed by atoms with E-state index < -0.39 is 11.4 Å². The first-order valence-corrected chi connectivity index (χ1v) is 10.0. The summed E-state index contributed by atoms with van der Waals surface area (Å²) >= 11 is 0. The van der Waals surface area contributed by atoms with Crippen molar-refractivity contribution in [2.45, 2.75) is 65.7 Å². The highest BCUT2D eigenvalue weighted by Crippen LogP contribution is 2.20. The van der Waals surface area contributed by atoms with Crippen molar-refractivity contribution < 1.29 is 19.4 Å². The molecule has 0 aliphatic heterocycles. The molecule has 0 spiro atoms. The first-order valence-electron chi connectivity index (χ1n) is 10.0. The van der Waals surface area contributed by atoms with Crippen LogP contribution in [0.2, 0.25) is 0 Å². The Kier molecular flexibility index (Phi) is 10.5. The van der Waals surface area contributed by atoms with E-state index in [1.165, 1.54) is 18.6 Å². The average molecular weight is 401 g/mol. The van der Waals surface area contributed by atoms with Gasteiger partial charge in [0.15, 0.2) is 5.78 Å². The summed E-state index contributed by atoms with van der Waals surface area (Å²) in [6.07, 6.45) is 12.9. The van der Waals surface area contributed by atoms with Gasteiger partial charge in [0.25, 0.3) is 0 Å². The van der Waals surface area contributed by atoms with Crippen LogP contribution in [0.4, 0.5) is 0 Å². The number of aromatic hydroxyl groups is 1. The normalized spacial score (nSPS) is 12.5. The van der Waals surface area contributed by atoms with Gasteiger partial charge >= 0.3 is 5.63 Å². The van der Waals surface area contributed by atoms with Gasteiger partial charge in [0.05, 0.1) is 0 Å². The molecular formula is C24H32O5. The lowest BCUT2D eigenvalue weighted by Crippen LogP contribution is -2.16. The smallest absolute Gasteiger partial charge is 0.351 e. The van der Waals surface area contributed by atoms with Crippen LogP contribution in [0.25, 0.3) is 0 Å². The zero-order valence-corrected chi connectivity index (χ0v) is 17.7. The number of carbonyl (C=O) groups excluding carboxylic acids is 1. The quantitative estimate of drug-likeness (QED) is 0.149. The van der Waals surface area contributed by atoms with Gasteiger partial charge in [-0.1, -0.05) is 50.1 Å². The van der Waals surface area contributed by atoms with Crippen molar-refractivity contribution in [3.63, 3.8) is 0 Å². The summed E-state index contributed by atoms with van der Waals surface area (Å²) in [6.45, 7) is 9.13. The molecule has 0 atom stereocenters. The molecule has 5 heteroatoms. The van der Waals surface area contributed by atoms with Gasteiger partial charge in [0, 0.05) is 12.5 Å². The van der Waals surface area contributed by atoms with Gasteiger partial charge in [-0.2, -0.15) is 0 Å². The van der Waals surface area contributed by atoms with E-state index in [1.54, 1.807) is 19.1 Å². The van der Waals surface area contributed by atoms with Gasteiger partial charge in [-0.3, -0.25) is 4.79 Å². The van der Waals surface area contributed by atoms with E-state index in [0.717, 1.165) is 24.8 Å². The summed E-state index contributed by atoms with van der Waals surface area (Å²) in [6, 6.07) is 1.32. The predicted molar refractivity (Wildman–Crippen MR) is 116 cm³/mol. The van der Waals surface area contributed by atoms with E-state index in [0.29, 0.717) is 30.6 Å². The zero-order chi connectivity index (χ0) is 21.8. The highest BCUT2D eigenvalue weighted by Gasteiger charge is 2.20. The summed E-state index contributed by atoms with van der Waals surface area (Å²) in [4.78, 5) is 24.8. The molecule has 0 aromatic carbocycles. The Hall–Kier alpha value is -2.82. The number of aliphatic hydroxyl groups excluding tert-OH is 1. The number of allylic oxidation sites excluding steroid dienone is 6. The molecule has 0 radical (unpaired) electrons. The number of ketones is 1. The second-order valence-electron chi connectivity index (χ2n) is 7.20. The number of rotatable bonds is 12. The molecule has 0 bridgehead atoms. The largest absolute Gasteiger partial charge is 0.509 e. The van der Waals surface area contributed by atoms with Crippen LogP contribution in [0.3, 0.4) is 0 Å². The molecule has 0 saturated carbocycles. The fourth-order valence-electron chi connectivity index (χ4n) is 2.75. The summed E-state index contributed by atoms with van der Waals surface area (Å²) in [5, 5.41) is 19.2. The van der Waals surface area contributed by atoms with E-state index in [-0.39, 0.29) is 17.1 Å². The SMILES string of the molecule is C=C(O)/C=C/CCCc1cc(O)c(C(=O)/C(C)=C/C=C(/C)CCCCC)c(=O)o1. The number of aryl methyl sites for hydroxylation is 1. The van der Waals surface area contributed by atoms with Crippen molar-refractivity contribution in [2.75, 3.05) is 0 Å². The Balaban J connectivity index is 2.83. The lowest BCUT2D eigenvalue weighted by molar-refractivity contribution is 0.102. The average Bonchev–Trinajstić information content (AvgIpc) is 2.65. The Morgan fingerprint density at radius 3 is 2.55 bits per heavy atom. The number of carbonyl (C=O) groups is 1. The number of Topliss-reactive ketones (excluding diaryl/α,β-unsaturated/α-hetero) is 1. The molecule has 0 aliphatic rings. The molecule has 158 valence electrons. The summed E-state index contributed by atoms with van der Waals surface area (Å²) in [7, 11) is 0. The summed E-state index contributed by atoms with van der Waals surface area (Å²) < 4.78 is 5.21. The van der Waals surface area contributed by atoms with Crippen molar-refractivity contribution in [3.8, 4) is 5.75 Å². The van der Waals surface area contributed by atoms with Crippen molar-refractivity contribution in [3.05, 3.63) is 75.6 Å². The fourth-order valence-corrected chi connectivity index (χ4v) is 2.75. The van der Waals surface area contributed by atoms with Crippen molar-refractivity contribution in [1.82, 2.24) is 0 Å². The summed E-state index contributed by atoms with van der Waals surface area (Å²) in [5.41, 5.74) is 0.359. The maximum Gasteiger partial charge on any atom is 0.351 e. The molecule has 0 fully saturated rings. The van der Waals surface area contributed by atoms with Gasteiger partial charge in [0.2, 0.25) is 0 Å². The number of aliphatic hydroxyl groups is 1. The monoisotopic (exact) mass is 400 g/mol. The number of hydrogen-bond donors (Lipinski definition) is 2. The Morgan fingerprint density at radius 2 is 1.93 bits per heavy atom. The second kappa shape index (κ2) is 12.6. The van der Waals surface area contributed by atoms with Crippen LogP contribution in [0.5, 0.6) is 5.75 Å². The number of unbranched alkanes of at least 4 members (excludes halogenated alkanes) is 3. The molecule has 1 rings (SSSR count). The highest BCUT2D eigenvalue weighted by atomic mass is 16.4. The molecule has 0 amide bonds. The van der Waals surface area contributed by atoms with Gasteiger partial charge in [-0.05, 0) is 51.2 Å². The lowest BCUT2D eigenvalue weighted by atomic mass is 10.0. The van der Waals surface area contributed by atoms with E-state index >= 15 is 0 Å². The van der Waals surface area contributed by atoms with Crippen LogP contribution >= 0.6 is 0 Å². The van der Waals surface area contributed by atoms with Crippen molar-refractivity contribution >= 4 is 5.78 Å². The molecule has 5 nitrogen and oxygen atoms in total. The Bertz CT molecular complexity index is 853. The molecular weight excluding hydrogens is 368 g/mol. The molecule has 1 aromatic heterocycles. The molecule has 1 aromatic rings. The first-order chi connectivity index (χ1) is 13.8. The van der Waals surface area contributed by atoms with Crippen LogP contribution in [0, 0.1) is 0 Å². The van der Waals surface area contributed by atoms with Gasteiger partial charge in [-0.15, -0.1) is 0 Å². The van der Waals surface area contributed by atoms with Crippen LogP contribution in [0.1, 0.15) is 75.4 Å².